The normalized spacial score (nSPS) is 17.8. The zero-order chi connectivity index (χ0) is 13.1. The Morgan fingerprint density at radius 1 is 1.33 bits per heavy atom. The van der Waals surface area contributed by atoms with Gasteiger partial charge in [-0.3, -0.25) is 4.68 Å². The molecule has 1 saturated carbocycles. The van der Waals surface area contributed by atoms with Gasteiger partial charge in [-0.25, -0.2) is 0 Å². The van der Waals surface area contributed by atoms with Crippen LogP contribution >= 0.6 is 0 Å². The largest absolute Gasteiger partial charge is 0.310 e. The van der Waals surface area contributed by atoms with Crippen molar-refractivity contribution < 1.29 is 0 Å². The molecule has 0 aliphatic heterocycles. The highest BCUT2D eigenvalue weighted by molar-refractivity contribution is 5.28. The number of hydrogen-bond donors (Lipinski definition) is 1. The van der Waals surface area contributed by atoms with E-state index in [0.717, 1.165) is 25.4 Å². The quantitative estimate of drug-likeness (QED) is 0.838. The minimum absolute atomic E-state index is 0.463. The zero-order valence-electron chi connectivity index (χ0n) is 12.3. The van der Waals surface area contributed by atoms with Gasteiger partial charge in [0, 0.05) is 23.8 Å². The molecule has 0 amide bonds. The fraction of sp³-hybridized carbons (Fsp3) is 0.800. The molecule has 3 nitrogen and oxygen atoms in total. The van der Waals surface area contributed by atoms with Crippen molar-refractivity contribution >= 4 is 0 Å². The summed E-state index contributed by atoms with van der Waals surface area (Å²) in [4.78, 5) is 0. The van der Waals surface area contributed by atoms with Gasteiger partial charge >= 0.3 is 0 Å². The van der Waals surface area contributed by atoms with Crippen LogP contribution in [0, 0.1) is 19.8 Å². The number of rotatable bonds is 6. The summed E-state index contributed by atoms with van der Waals surface area (Å²) < 4.78 is 2.24. The minimum atomic E-state index is 0.463. The van der Waals surface area contributed by atoms with Gasteiger partial charge in [0.05, 0.1) is 5.69 Å². The summed E-state index contributed by atoms with van der Waals surface area (Å²) in [5.41, 5.74) is 4.01. The Hall–Kier alpha value is -0.830. The highest BCUT2D eigenvalue weighted by atomic mass is 15.3. The lowest BCUT2D eigenvalue weighted by atomic mass is 9.85. The fourth-order valence-electron chi connectivity index (χ4n) is 3.01. The molecule has 18 heavy (non-hydrogen) atoms. The number of aromatic nitrogens is 2. The summed E-state index contributed by atoms with van der Waals surface area (Å²) in [6.07, 6.45) is 5.31. The molecule has 2 rings (SSSR count). The van der Waals surface area contributed by atoms with Crippen LogP contribution in [-0.2, 0) is 6.54 Å². The lowest BCUT2D eigenvalue weighted by molar-refractivity contribution is 0.264. The average Bonchev–Trinajstić information content (AvgIpc) is 2.57. The third-order valence-electron chi connectivity index (χ3n) is 4.30. The molecule has 0 saturated heterocycles. The molecular weight excluding hydrogens is 222 g/mol. The lowest BCUT2D eigenvalue weighted by Gasteiger charge is -2.25. The van der Waals surface area contributed by atoms with Gasteiger partial charge in [0.1, 0.15) is 0 Å². The van der Waals surface area contributed by atoms with E-state index in [2.05, 4.69) is 37.7 Å². The minimum Gasteiger partial charge on any atom is -0.310 e. The third kappa shape index (κ3) is 2.61. The molecule has 1 atom stereocenters. The van der Waals surface area contributed by atoms with E-state index in [9.17, 15) is 0 Å². The smallest absolute Gasteiger partial charge is 0.0644 e. The van der Waals surface area contributed by atoms with Crippen LogP contribution in [0.25, 0.3) is 0 Å². The highest BCUT2D eigenvalue weighted by Gasteiger charge is 2.23. The van der Waals surface area contributed by atoms with Crippen molar-refractivity contribution in [3.63, 3.8) is 0 Å². The first-order valence-corrected chi connectivity index (χ1v) is 7.44. The molecule has 1 aliphatic carbocycles. The second kappa shape index (κ2) is 5.87. The summed E-state index contributed by atoms with van der Waals surface area (Å²) in [5, 5.41) is 8.33. The predicted octanol–water partition coefficient (Wildman–Crippen LogP) is 3.36. The molecule has 1 N–H and O–H groups in total. The van der Waals surface area contributed by atoms with Gasteiger partial charge in [0.25, 0.3) is 0 Å². The molecule has 0 spiro atoms. The number of aryl methyl sites for hydroxylation is 1. The molecule has 102 valence electrons. The Bertz CT molecular complexity index is 391. The van der Waals surface area contributed by atoms with Crippen molar-refractivity contribution in [3.8, 4) is 0 Å². The number of nitrogens with zero attached hydrogens (tertiary/aromatic N) is 2. The summed E-state index contributed by atoms with van der Waals surface area (Å²) in [5.74, 6) is 0.870. The molecule has 1 unspecified atom stereocenters. The summed E-state index contributed by atoms with van der Waals surface area (Å²) in [6, 6.07) is 0.463. The van der Waals surface area contributed by atoms with E-state index in [1.54, 1.807) is 0 Å². The Morgan fingerprint density at radius 2 is 2.06 bits per heavy atom. The molecule has 1 heterocycles. The van der Waals surface area contributed by atoms with E-state index in [1.807, 2.05) is 0 Å². The van der Waals surface area contributed by atoms with Gasteiger partial charge in [-0.1, -0.05) is 20.3 Å². The van der Waals surface area contributed by atoms with Gasteiger partial charge in [-0.05, 0) is 45.6 Å². The lowest BCUT2D eigenvalue weighted by Crippen LogP contribution is -2.22. The number of hydrogen-bond acceptors (Lipinski definition) is 2. The maximum atomic E-state index is 4.76. The molecule has 1 fully saturated rings. The van der Waals surface area contributed by atoms with Crippen LogP contribution in [0.2, 0.25) is 0 Å². The van der Waals surface area contributed by atoms with E-state index >= 15 is 0 Å². The molecule has 0 radical (unpaired) electrons. The van der Waals surface area contributed by atoms with Crippen molar-refractivity contribution in [3.05, 3.63) is 17.0 Å². The van der Waals surface area contributed by atoms with Crippen LogP contribution in [0.3, 0.4) is 0 Å². The predicted molar refractivity (Wildman–Crippen MR) is 75.8 cm³/mol. The van der Waals surface area contributed by atoms with Gasteiger partial charge < -0.3 is 5.32 Å². The first-order valence-electron chi connectivity index (χ1n) is 7.44. The summed E-state index contributed by atoms with van der Waals surface area (Å²) in [7, 11) is 0. The van der Waals surface area contributed by atoms with Gasteiger partial charge in [0.2, 0.25) is 0 Å². The second-order valence-electron chi connectivity index (χ2n) is 5.58. The molecular formula is C15H27N3. The van der Waals surface area contributed by atoms with Crippen molar-refractivity contribution in [2.24, 2.45) is 5.92 Å². The summed E-state index contributed by atoms with van der Waals surface area (Å²) in [6.45, 7) is 10.9. The van der Waals surface area contributed by atoms with Crippen molar-refractivity contribution in [2.45, 2.75) is 66.0 Å². The molecule has 0 aromatic carbocycles. The van der Waals surface area contributed by atoms with Gasteiger partial charge in [-0.2, -0.15) is 5.10 Å². The monoisotopic (exact) mass is 249 g/mol. The van der Waals surface area contributed by atoms with Crippen LogP contribution in [0.15, 0.2) is 0 Å². The van der Waals surface area contributed by atoms with Gasteiger partial charge in [0.15, 0.2) is 0 Å². The third-order valence-corrected chi connectivity index (χ3v) is 4.30. The highest BCUT2D eigenvalue weighted by Crippen LogP contribution is 2.30. The van der Waals surface area contributed by atoms with Crippen LogP contribution in [-0.4, -0.2) is 16.3 Å². The molecule has 1 aromatic heterocycles. The molecule has 1 aromatic rings. The first-order chi connectivity index (χ1) is 8.67. The van der Waals surface area contributed by atoms with Crippen LogP contribution in [0.1, 0.15) is 62.5 Å². The summed E-state index contributed by atoms with van der Waals surface area (Å²) >= 11 is 0. The Kier molecular flexibility index (Phi) is 4.44. The standard InChI is InChI=1S/C15H27N3/c1-5-14(16-6-2)15-11(3)17-18(12(15)4)10-13-8-7-9-13/h13-14,16H,5-10H2,1-4H3. The van der Waals surface area contributed by atoms with Crippen LogP contribution in [0.4, 0.5) is 0 Å². The first kappa shape index (κ1) is 13.6. The van der Waals surface area contributed by atoms with E-state index in [4.69, 9.17) is 5.10 Å². The van der Waals surface area contributed by atoms with Crippen molar-refractivity contribution in [2.75, 3.05) is 6.54 Å². The second-order valence-corrected chi connectivity index (χ2v) is 5.58. The maximum absolute atomic E-state index is 4.76. The number of nitrogens with one attached hydrogen (secondary N) is 1. The Morgan fingerprint density at radius 3 is 2.56 bits per heavy atom. The van der Waals surface area contributed by atoms with Crippen molar-refractivity contribution in [1.82, 2.24) is 15.1 Å². The van der Waals surface area contributed by atoms with Gasteiger partial charge in [-0.15, -0.1) is 0 Å². The van der Waals surface area contributed by atoms with E-state index in [0.29, 0.717) is 6.04 Å². The Labute approximate surface area is 111 Å². The molecule has 0 bridgehead atoms. The SMILES string of the molecule is CCNC(CC)c1c(C)nn(CC2CCC2)c1C. The van der Waals surface area contributed by atoms with Crippen LogP contribution < -0.4 is 5.32 Å². The van der Waals surface area contributed by atoms with E-state index in [1.165, 1.54) is 36.2 Å². The maximum Gasteiger partial charge on any atom is 0.0644 e. The van der Waals surface area contributed by atoms with Crippen molar-refractivity contribution in [1.29, 1.82) is 0 Å². The topological polar surface area (TPSA) is 29.9 Å². The Balaban J connectivity index is 2.18. The van der Waals surface area contributed by atoms with E-state index in [-0.39, 0.29) is 0 Å². The fourth-order valence-corrected chi connectivity index (χ4v) is 3.01. The molecule has 1 aliphatic rings. The molecule has 3 heteroatoms. The average molecular weight is 249 g/mol. The van der Waals surface area contributed by atoms with E-state index < -0.39 is 0 Å². The zero-order valence-corrected chi connectivity index (χ0v) is 12.3. The van der Waals surface area contributed by atoms with Crippen LogP contribution in [0.5, 0.6) is 0 Å².